The first-order valence-electron chi connectivity index (χ1n) is 8.13. The molecule has 0 bridgehead atoms. The Morgan fingerprint density at radius 3 is 2.93 bits per heavy atom. The number of carbonyl (C=O) groups excluding carboxylic acids is 1. The molecule has 0 radical (unpaired) electrons. The summed E-state index contributed by atoms with van der Waals surface area (Å²) in [4.78, 5) is 16.1. The number of nitrogens with zero attached hydrogens (tertiary/aromatic N) is 4. The van der Waals surface area contributed by atoms with Crippen molar-refractivity contribution >= 4 is 24.4 Å². The average Bonchev–Trinajstić information content (AvgIpc) is 3.07. The Labute approximate surface area is 160 Å². The molecule has 0 fully saturated rings. The van der Waals surface area contributed by atoms with Crippen molar-refractivity contribution in [2.75, 3.05) is 7.11 Å². The number of aryl methyl sites for hydroxylation is 1. The maximum Gasteiger partial charge on any atom is 0.345 e. The topological polar surface area (TPSA) is 94.4 Å². The van der Waals surface area contributed by atoms with Crippen LogP contribution in [0.4, 0.5) is 0 Å². The number of H-pyrrole nitrogens is 1. The molecule has 138 valence electrons. The first-order valence-corrected chi connectivity index (χ1v) is 8.54. The van der Waals surface area contributed by atoms with E-state index in [0.717, 1.165) is 11.4 Å². The van der Waals surface area contributed by atoms with E-state index in [9.17, 15) is 4.79 Å². The second-order valence-electron chi connectivity index (χ2n) is 5.40. The minimum atomic E-state index is -0.514. The van der Waals surface area contributed by atoms with Crippen LogP contribution < -0.4 is 9.47 Å². The lowest BCUT2D eigenvalue weighted by Crippen LogP contribution is -2.09. The van der Waals surface area contributed by atoms with Crippen molar-refractivity contribution in [1.29, 1.82) is 0 Å². The molecule has 2 aromatic heterocycles. The zero-order valence-corrected chi connectivity index (χ0v) is 15.6. The Morgan fingerprint density at radius 2 is 2.22 bits per heavy atom. The molecule has 9 heteroatoms. The molecule has 8 nitrogen and oxygen atoms in total. The van der Waals surface area contributed by atoms with Gasteiger partial charge in [-0.15, -0.1) is 0 Å². The second kappa shape index (κ2) is 8.37. The summed E-state index contributed by atoms with van der Waals surface area (Å²) >= 11 is 5.16. The maximum absolute atomic E-state index is 12.2. The largest absolute Gasteiger partial charge is 0.493 e. The first kappa shape index (κ1) is 18.5. The van der Waals surface area contributed by atoms with Gasteiger partial charge in [-0.05, 0) is 48.1 Å². The number of aromatic nitrogens is 4. The van der Waals surface area contributed by atoms with E-state index in [2.05, 4.69) is 20.3 Å². The highest BCUT2D eigenvalue weighted by molar-refractivity contribution is 7.71. The molecule has 0 unspecified atom stereocenters. The summed E-state index contributed by atoms with van der Waals surface area (Å²) in [5.74, 6) is 0.922. The summed E-state index contributed by atoms with van der Waals surface area (Å²) in [6, 6.07) is 8.41. The van der Waals surface area contributed by atoms with Crippen molar-refractivity contribution in [3.05, 3.63) is 64.4 Å². The molecule has 1 N–H and O–H groups in total. The SMILES string of the molecule is CCc1n[nH]c(=S)n1N=Cc1ccc(OC(=O)c2cccnc2)c(OC)c1. The Kier molecular flexibility index (Phi) is 5.72. The van der Waals surface area contributed by atoms with E-state index in [1.54, 1.807) is 47.4 Å². The van der Waals surface area contributed by atoms with Gasteiger partial charge >= 0.3 is 5.97 Å². The lowest BCUT2D eigenvalue weighted by molar-refractivity contribution is 0.0729. The van der Waals surface area contributed by atoms with Gasteiger partial charge in [-0.1, -0.05) is 6.92 Å². The zero-order chi connectivity index (χ0) is 19.2. The molecule has 0 atom stereocenters. The molecule has 0 aliphatic carbocycles. The average molecular weight is 383 g/mol. The Bertz CT molecular complexity index is 1030. The van der Waals surface area contributed by atoms with Gasteiger partial charge in [0.25, 0.3) is 0 Å². The molecule has 1 aromatic carbocycles. The normalized spacial score (nSPS) is 10.9. The summed E-state index contributed by atoms with van der Waals surface area (Å²) in [6.45, 7) is 1.96. The van der Waals surface area contributed by atoms with E-state index >= 15 is 0 Å². The zero-order valence-electron chi connectivity index (χ0n) is 14.7. The van der Waals surface area contributed by atoms with Crippen LogP contribution in [-0.4, -0.2) is 39.2 Å². The first-order chi connectivity index (χ1) is 13.1. The van der Waals surface area contributed by atoms with Gasteiger partial charge in [0.15, 0.2) is 17.3 Å². The van der Waals surface area contributed by atoms with Crippen LogP contribution >= 0.6 is 12.2 Å². The molecule has 27 heavy (non-hydrogen) atoms. The molecule has 0 aliphatic rings. The number of esters is 1. The number of nitrogens with one attached hydrogen (secondary N) is 1. The number of benzene rings is 1. The summed E-state index contributed by atoms with van der Waals surface area (Å²) in [7, 11) is 1.50. The monoisotopic (exact) mass is 383 g/mol. The number of pyridine rings is 1. The highest BCUT2D eigenvalue weighted by Gasteiger charge is 2.13. The second-order valence-corrected chi connectivity index (χ2v) is 5.78. The molecule has 2 heterocycles. The summed E-state index contributed by atoms with van der Waals surface area (Å²) < 4.78 is 12.7. The van der Waals surface area contributed by atoms with Gasteiger partial charge in [-0.3, -0.25) is 10.1 Å². The fraction of sp³-hybridized carbons (Fsp3) is 0.167. The highest BCUT2D eigenvalue weighted by atomic mass is 32.1. The van der Waals surface area contributed by atoms with Crippen LogP contribution in [0.5, 0.6) is 11.5 Å². The molecule has 0 saturated heterocycles. The quantitative estimate of drug-likeness (QED) is 0.304. The van der Waals surface area contributed by atoms with Crippen LogP contribution in [0.1, 0.15) is 28.7 Å². The lowest BCUT2D eigenvalue weighted by atomic mass is 10.2. The fourth-order valence-electron chi connectivity index (χ4n) is 2.29. The van der Waals surface area contributed by atoms with Gasteiger partial charge in [0.05, 0.1) is 18.9 Å². The Morgan fingerprint density at radius 1 is 1.37 bits per heavy atom. The van der Waals surface area contributed by atoms with Crippen molar-refractivity contribution in [2.24, 2.45) is 5.10 Å². The molecular weight excluding hydrogens is 366 g/mol. The van der Waals surface area contributed by atoms with Gasteiger partial charge in [0, 0.05) is 18.8 Å². The predicted octanol–water partition coefficient (Wildman–Crippen LogP) is 3.01. The van der Waals surface area contributed by atoms with E-state index in [0.29, 0.717) is 28.3 Å². The molecule has 0 amide bonds. The Balaban J connectivity index is 1.82. The molecule has 0 spiro atoms. The molecule has 0 aliphatic heterocycles. The van der Waals surface area contributed by atoms with E-state index in [1.807, 2.05) is 6.92 Å². The van der Waals surface area contributed by atoms with Gasteiger partial charge in [0.2, 0.25) is 4.77 Å². The lowest BCUT2D eigenvalue weighted by Gasteiger charge is -2.09. The molecule has 0 saturated carbocycles. The van der Waals surface area contributed by atoms with Crippen molar-refractivity contribution in [3.63, 3.8) is 0 Å². The third-order valence-corrected chi connectivity index (χ3v) is 3.91. The van der Waals surface area contributed by atoms with Crippen molar-refractivity contribution < 1.29 is 14.3 Å². The van der Waals surface area contributed by atoms with Crippen LogP contribution in [-0.2, 0) is 6.42 Å². The van der Waals surface area contributed by atoms with Crippen molar-refractivity contribution in [3.8, 4) is 11.5 Å². The van der Waals surface area contributed by atoms with E-state index in [-0.39, 0.29) is 0 Å². The predicted molar refractivity (Wildman–Crippen MR) is 102 cm³/mol. The van der Waals surface area contributed by atoms with Crippen LogP contribution in [0.25, 0.3) is 0 Å². The number of ether oxygens (including phenoxy) is 2. The number of aromatic amines is 1. The summed E-state index contributed by atoms with van der Waals surface area (Å²) in [6.07, 6.45) is 5.34. The highest BCUT2D eigenvalue weighted by Crippen LogP contribution is 2.28. The van der Waals surface area contributed by atoms with Crippen LogP contribution in [0.15, 0.2) is 47.8 Å². The molecule has 3 rings (SSSR count). The third kappa shape index (κ3) is 4.26. The minimum absolute atomic E-state index is 0.303. The van der Waals surface area contributed by atoms with E-state index in [4.69, 9.17) is 21.7 Å². The minimum Gasteiger partial charge on any atom is -0.493 e. The van der Waals surface area contributed by atoms with Crippen LogP contribution in [0.2, 0.25) is 0 Å². The number of rotatable bonds is 6. The smallest absolute Gasteiger partial charge is 0.345 e. The standard InChI is InChI=1S/C18H17N5O3S/c1-3-16-21-22-18(27)23(16)20-10-12-6-7-14(15(9-12)25-2)26-17(24)13-5-4-8-19-11-13/h4-11H,3H2,1-2H3,(H,22,27). The van der Waals surface area contributed by atoms with Crippen molar-refractivity contribution in [2.45, 2.75) is 13.3 Å². The van der Waals surface area contributed by atoms with Gasteiger partial charge < -0.3 is 9.47 Å². The van der Waals surface area contributed by atoms with E-state index in [1.165, 1.54) is 13.3 Å². The Hall–Kier alpha value is -3.33. The van der Waals surface area contributed by atoms with E-state index < -0.39 is 5.97 Å². The number of hydrogen-bond donors (Lipinski definition) is 1. The van der Waals surface area contributed by atoms with Crippen molar-refractivity contribution in [1.82, 2.24) is 19.9 Å². The van der Waals surface area contributed by atoms with Gasteiger partial charge in [-0.25, -0.2) is 4.79 Å². The summed E-state index contributed by atoms with van der Waals surface area (Å²) in [5, 5.41) is 11.2. The van der Waals surface area contributed by atoms with Gasteiger partial charge in [-0.2, -0.15) is 14.9 Å². The number of methoxy groups -OCH3 is 1. The molecular formula is C18H17N5O3S. The van der Waals surface area contributed by atoms with Crippen LogP contribution in [0.3, 0.4) is 0 Å². The number of carbonyl (C=O) groups is 1. The van der Waals surface area contributed by atoms with Gasteiger partial charge in [0.1, 0.15) is 0 Å². The fourth-order valence-corrected chi connectivity index (χ4v) is 2.49. The third-order valence-electron chi connectivity index (χ3n) is 3.64. The maximum atomic E-state index is 12.2. The summed E-state index contributed by atoms with van der Waals surface area (Å²) in [5.41, 5.74) is 1.10. The molecule has 3 aromatic rings. The van der Waals surface area contributed by atoms with Crippen LogP contribution in [0, 0.1) is 4.77 Å². The number of hydrogen-bond acceptors (Lipinski definition) is 7.